The van der Waals surface area contributed by atoms with Crippen LogP contribution in [0, 0.1) is 23.2 Å². The summed E-state index contributed by atoms with van der Waals surface area (Å²) >= 11 is 1.58. The summed E-state index contributed by atoms with van der Waals surface area (Å²) in [7, 11) is 0. The second-order valence-corrected chi connectivity index (χ2v) is 10.6. The molecular weight excluding hydrogens is 370 g/mol. The van der Waals surface area contributed by atoms with Crippen LogP contribution in [0.15, 0.2) is 23.1 Å². The summed E-state index contributed by atoms with van der Waals surface area (Å²) in [6.07, 6.45) is 9.22. The highest BCUT2D eigenvalue weighted by Crippen LogP contribution is 2.61. The van der Waals surface area contributed by atoms with Crippen molar-refractivity contribution in [1.29, 1.82) is 0 Å². The zero-order valence-electron chi connectivity index (χ0n) is 16.7. The van der Waals surface area contributed by atoms with E-state index < -0.39 is 0 Å². The summed E-state index contributed by atoms with van der Waals surface area (Å²) in [6.45, 7) is 3.64. The van der Waals surface area contributed by atoms with Crippen LogP contribution in [0.5, 0.6) is 11.5 Å². The monoisotopic (exact) mass is 401 g/mol. The summed E-state index contributed by atoms with van der Waals surface area (Å²) < 4.78 is 11.4. The van der Waals surface area contributed by atoms with E-state index in [4.69, 9.17) is 9.47 Å². The first kappa shape index (κ1) is 18.7. The first-order chi connectivity index (χ1) is 13.6. The minimum Gasteiger partial charge on any atom is -0.490 e. The summed E-state index contributed by atoms with van der Waals surface area (Å²) in [4.78, 5) is 13.7. The largest absolute Gasteiger partial charge is 0.490 e. The van der Waals surface area contributed by atoms with Crippen molar-refractivity contribution < 1.29 is 14.3 Å². The Morgan fingerprint density at radius 3 is 2.43 bits per heavy atom. The van der Waals surface area contributed by atoms with Gasteiger partial charge in [-0.15, -0.1) is 11.8 Å². The number of fused-ring (bicyclic) bond motifs is 1. The van der Waals surface area contributed by atoms with Crippen LogP contribution in [0.4, 0.5) is 0 Å². The molecule has 152 valence electrons. The molecule has 4 saturated carbocycles. The summed E-state index contributed by atoms with van der Waals surface area (Å²) in [5.41, 5.74) is 0.365. The van der Waals surface area contributed by atoms with E-state index in [1.54, 1.807) is 11.8 Å². The van der Waals surface area contributed by atoms with E-state index in [9.17, 15) is 4.79 Å². The molecule has 1 heterocycles. The molecule has 1 aliphatic heterocycles. The second-order valence-electron chi connectivity index (χ2n) is 9.52. The summed E-state index contributed by atoms with van der Waals surface area (Å²) in [5, 5.41) is 3.36. The molecule has 4 aliphatic carbocycles. The molecule has 0 unspecified atom stereocenters. The van der Waals surface area contributed by atoms with E-state index in [1.165, 1.54) is 38.5 Å². The van der Waals surface area contributed by atoms with Crippen molar-refractivity contribution in [2.45, 2.75) is 62.8 Å². The number of benzene rings is 1. The fourth-order valence-electron chi connectivity index (χ4n) is 6.53. The minimum absolute atomic E-state index is 0.153. The Morgan fingerprint density at radius 1 is 1.11 bits per heavy atom. The number of carbonyl (C=O) groups is 1. The normalized spacial score (nSPS) is 34.0. The van der Waals surface area contributed by atoms with E-state index in [-0.39, 0.29) is 11.9 Å². The van der Waals surface area contributed by atoms with E-state index in [0.717, 1.165) is 40.6 Å². The molecule has 5 heteroatoms. The highest BCUT2D eigenvalue weighted by atomic mass is 32.2. The van der Waals surface area contributed by atoms with Crippen molar-refractivity contribution in [2.75, 3.05) is 19.0 Å². The van der Waals surface area contributed by atoms with Crippen LogP contribution in [-0.4, -0.2) is 30.9 Å². The number of nitrogens with one attached hydrogen (secondary N) is 1. The van der Waals surface area contributed by atoms with Crippen LogP contribution >= 0.6 is 11.8 Å². The van der Waals surface area contributed by atoms with Crippen molar-refractivity contribution in [1.82, 2.24) is 5.32 Å². The molecule has 1 atom stereocenters. The molecule has 1 N–H and O–H groups in total. The lowest BCUT2D eigenvalue weighted by Crippen LogP contribution is -2.56. The van der Waals surface area contributed by atoms with Gasteiger partial charge in [0.2, 0.25) is 5.91 Å². The number of hydrogen-bond donors (Lipinski definition) is 1. The summed E-state index contributed by atoms with van der Waals surface area (Å²) in [5.74, 6) is 4.97. The standard InChI is InChI=1S/C23H31NO3S/c1-15(23-11-16-7-17(12-23)9-18(8-16)13-23)24-22(25)14-28-19-3-4-20-21(10-19)27-6-2-5-26-20/h3-4,10,15-18H,2,5-9,11-14H2,1H3,(H,24,25)/t15-,16?,17?,18?,23?/m1/s1. The van der Waals surface area contributed by atoms with Gasteiger partial charge >= 0.3 is 0 Å². The molecule has 6 rings (SSSR count). The van der Waals surface area contributed by atoms with Gasteiger partial charge in [0.15, 0.2) is 11.5 Å². The van der Waals surface area contributed by atoms with Crippen molar-refractivity contribution >= 4 is 17.7 Å². The van der Waals surface area contributed by atoms with Gasteiger partial charge in [-0.25, -0.2) is 0 Å². The second kappa shape index (κ2) is 7.47. The van der Waals surface area contributed by atoms with E-state index in [2.05, 4.69) is 12.2 Å². The Morgan fingerprint density at radius 2 is 1.75 bits per heavy atom. The molecule has 1 amide bonds. The topological polar surface area (TPSA) is 47.6 Å². The van der Waals surface area contributed by atoms with E-state index in [1.807, 2.05) is 18.2 Å². The number of carbonyl (C=O) groups excluding carboxylic acids is 1. The third kappa shape index (κ3) is 3.62. The maximum Gasteiger partial charge on any atom is 0.230 e. The summed E-state index contributed by atoms with van der Waals surface area (Å²) in [6, 6.07) is 6.27. The maximum atomic E-state index is 12.7. The molecule has 4 fully saturated rings. The number of ether oxygens (including phenoxy) is 2. The molecule has 4 bridgehead atoms. The highest BCUT2D eigenvalue weighted by molar-refractivity contribution is 8.00. The molecular formula is C23H31NO3S. The van der Waals surface area contributed by atoms with Crippen LogP contribution in [0.1, 0.15) is 51.9 Å². The average Bonchev–Trinajstić information content (AvgIpc) is 2.90. The maximum absolute atomic E-state index is 12.7. The van der Waals surface area contributed by atoms with Crippen LogP contribution < -0.4 is 14.8 Å². The van der Waals surface area contributed by atoms with Crippen molar-refractivity contribution in [2.24, 2.45) is 23.2 Å². The van der Waals surface area contributed by atoms with Gasteiger partial charge in [0, 0.05) is 17.4 Å². The van der Waals surface area contributed by atoms with Gasteiger partial charge in [-0.2, -0.15) is 0 Å². The molecule has 1 aromatic carbocycles. The molecule has 0 radical (unpaired) electrons. The SMILES string of the molecule is C[C@@H](NC(=O)CSc1ccc2c(c1)OCCCO2)C12CC3CC(CC(C3)C1)C2. The quantitative estimate of drug-likeness (QED) is 0.729. The third-order valence-corrected chi connectivity index (χ3v) is 8.46. The zero-order valence-corrected chi connectivity index (χ0v) is 17.6. The van der Waals surface area contributed by atoms with Gasteiger partial charge in [-0.3, -0.25) is 4.79 Å². The predicted octanol–water partition coefficient (Wildman–Crippen LogP) is 4.66. The Hall–Kier alpha value is -1.36. The van der Waals surface area contributed by atoms with Gasteiger partial charge in [0.25, 0.3) is 0 Å². The fraction of sp³-hybridized carbons (Fsp3) is 0.696. The first-order valence-electron chi connectivity index (χ1n) is 10.9. The Balaban J connectivity index is 1.17. The smallest absolute Gasteiger partial charge is 0.230 e. The number of hydrogen-bond acceptors (Lipinski definition) is 4. The molecule has 0 aromatic heterocycles. The van der Waals surface area contributed by atoms with Gasteiger partial charge in [-0.05, 0) is 86.8 Å². The van der Waals surface area contributed by atoms with Crippen LogP contribution in [0.2, 0.25) is 0 Å². The van der Waals surface area contributed by atoms with Gasteiger partial charge in [0.1, 0.15) is 0 Å². The van der Waals surface area contributed by atoms with Crippen molar-refractivity contribution in [3.05, 3.63) is 18.2 Å². The zero-order chi connectivity index (χ0) is 19.1. The lowest BCUT2D eigenvalue weighted by atomic mass is 9.48. The van der Waals surface area contributed by atoms with E-state index >= 15 is 0 Å². The minimum atomic E-state index is 0.153. The molecule has 5 aliphatic rings. The number of amides is 1. The number of thioether (sulfide) groups is 1. The number of rotatable bonds is 5. The Labute approximate surface area is 172 Å². The fourth-order valence-corrected chi connectivity index (χ4v) is 7.26. The van der Waals surface area contributed by atoms with Crippen LogP contribution in [0.3, 0.4) is 0 Å². The van der Waals surface area contributed by atoms with Crippen LogP contribution in [-0.2, 0) is 4.79 Å². The Bertz CT molecular complexity index is 714. The van der Waals surface area contributed by atoms with Crippen molar-refractivity contribution in [3.63, 3.8) is 0 Å². The average molecular weight is 402 g/mol. The molecule has 1 aromatic rings. The predicted molar refractivity (Wildman–Crippen MR) is 111 cm³/mol. The lowest BCUT2D eigenvalue weighted by Gasteiger charge is -2.59. The van der Waals surface area contributed by atoms with Crippen molar-refractivity contribution in [3.8, 4) is 11.5 Å². The highest BCUT2D eigenvalue weighted by Gasteiger charge is 2.53. The Kier molecular flexibility index (Phi) is 4.98. The van der Waals surface area contributed by atoms with Gasteiger partial charge in [-0.1, -0.05) is 0 Å². The van der Waals surface area contributed by atoms with Gasteiger partial charge in [0.05, 0.1) is 19.0 Å². The molecule has 28 heavy (non-hydrogen) atoms. The molecule has 0 spiro atoms. The molecule has 4 nitrogen and oxygen atoms in total. The first-order valence-corrected chi connectivity index (χ1v) is 11.9. The molecule has 0 saturated heterocycles. The lowest BCUT2D eigenvalue weighted by molar-refractivity contribution is -0.123. The third-order valence-electron chi connectivity index (χ3n) is 7.47. The van der Waals surface area contributed by atoms with Gasteiger partial charge < -0.3 is 14.8 Å². The van der Waals surface area contributed by atoms with E-state index in [0.29, 0.717) is 24.4 Å². The van der Waals surface area contributed by atoms with Crippen LogP contribution in [0.25, 0.3) is 0 Å².